The number of aryl methyl sites for hydroxylation is 1. The van der Waals surface area contributed by atoms with Crippen LogP contribution in [-0.4, -0.2) is 65.4 Å². The predicted molar refractivity (Wildman–Crippen MR) is 102 cm³/mol. The summed E-state index contributed by atoms with van der Waals surface area (Å²) in [5.74, 6) is -0.918. The summed E-state index contributed by atoms with van der Waals surface area (Å²) < 4.78 is 5.17. The van der Waals surface area contributed by atoms with E-state index in [0.29, 0.717) is 30.0 Å². The Kier molecular flexibility index (Phi) is 5.88. The highest BCUT2D eigenvalue weighted by Crippen LogP contribution is 2.20. The number of piperazine rings is 1. The molecule has 1 amide bonds. The molecule has 146 valence electrons. The minimum atomic E-state index is -1.07. The maximum atomic E-state index is 12.6. The predicted octanol–water partition coefficient (Wildman–Crippen LogP) is 1.38. The number of ether oxygens (including phenoxy) is 1. The first-order valence-electron chi connectivity index (χ1n) is 8.85. The SMILES string of the molecule is Cc1cc(C(=O)CN2CCN(c3ccncc3)CC2=O)ccc1OCC(=O)O. The van der Waals surface area contributed by atoms with E-state index >= 15 is 0 Å². The van der Waals surface area contributed by atoms with E-state index in [2.05, 4.69) is 4.98 Å². The Morgan fingerprint density at radius 1 is 1.18 bits per heavy atom. The van der Waals surface area contributed by atoms with Crippen molar-refractivity contribution in [3.05, 3.63) is 53.9 Å². The van der Waals surface area contributed by atoms with Crippen LogP contribution in [0, 0.1) is 6.92 Å². The molecule has 1 aliphatic rings. The number of carboxylic acid groups (broad SMARTS) is 1. The average molecular weight is 383 g/mol. The number of benzene rings is 1. The zero-order valence-corrected chi connectivity index (χ0v) is 15.5. The quantitative estimate of drug-likeness (QED) is 0.721. The van der Waals surface area contributed by atoms with Crippen molar-refractivity contribution in [2.75, 3.05) is 37.7 Å². The third kappa shape index (κ3) is 4.64. The highest BCUT2D eigenvalue weighted by molar-refractivity contribution is 6.00. The van der Waals surface area contributed by atoms with E-state index in [0.717, 1.165) is 5.69 Å². The lowest BCUT2D eigenvalue weighted by molar-refractivity contribution is -0.139. The summed E-state index contributed by atoms with van der Waals surface area (Å²) in [6, 6.07) is 8.52. The number of Topliss-reactive ketones (excluding diaryl/α,β-unsaturated/α-hetero) is 1. The molecule has 28 heavy (non-hydrogen) atoms. The molecule has 0 unspecified atom stereocenters. The third-order valence-corrected chi connectivity index (χ3v) is 4.53. The Balaban J connectivity index is 1.60. The highest BCUT2D eigenvalue weighted by atomic mass is 16.5. The van der Waals surface area contributed by atoms with Crippen LogP contribution in [-0.2, 0) is 9.59 Å². The van der Waals surface area contributed by atoms with Gasteiger partial charge in [0, 0.05) is 36.7 Å². The monoisotopic (exact) mass is 383 g/mol. The van der Waals surface area contributed by atoms with Crippen molar-refractivity contribution in [3.8, 4) is 5.75 Å². The molecule has 1 aliphatic heterocycles. The van der Waals surface area contributed by atoms with Crippen molar-refractivity contribution in [2.45, 2.75) is 6.92 Å². The molecule has 1 N–H and O–H groups in total. The van der Waals surface area contributed by atoms with Crippen LogP contribution in [0.1, 0.15) is 15.9 Å². The topological polar surface area (TPSA) is 100 Å². The number of rotatable bonds is 7. The highest BCUT2D eigenvalue weighted by Gasteiger charge is 2.26. The number of ketones is 1. The van der Waals surface area contributed by atoms with Gasteiger partial charge < -0.3 is 19.6 Å². The Hall–Kier alpha value is -3.42. The molecule has 0 bridgehead atoms. The maximum absolute atomic E-state index is 12.6. The fourth-order valence-electron chi connectivity index (χ4n) is 3.04. The zero-order valence-electron chi connectivity index (χ0n) is 15.5. The molecule has 8 heteroatoms. The number of hydrogen-bond donors (Lipinski definition) is 1. The van der Waals surface area contributed by atoms with E-state index in [1.165, 1.54) is 0 Å². The third-order valence-electron chi connectivity index (χ3n) is 4.53. The summed E-state index contributed by atoms with van der Waals surface area (Å²) in [4.78, 5) is 43.1. The minimum absolute atomic E-state index is 0.0117. The average Bonchev–Trinajstić information content (AvgIpc) is 2.69. The van der Waals surface area contributed by atoms with E-state index in [1.807, 2.05) is 17.0 Å². The molecule has 1 aromatic heterocycles. The van der Waals surface area contributed by atoms with Crippen molar-refractivity contribution in [2.24, 2.45) is 0 Å². The maximum Gasteiger partial charge on any atom is 0.341 e. The summed E-state index contributed by atoms with van der Waals surface area (Å²) in [5.41, 5.74) is 2.06. The van der Waals surface area contributed by atoms with Gasteiger partial charge in [-0.2, -0.15) is 0 Å². The molecule has 1 saturated heterocycles. The molecule has 1 fully saturated rings. The molecule has 3 rings (SSSR count). The van der Waals surface area contributed by atoms with Crippen molar-refractivity contribution >= 4 is 23.3 Å². The number of amides is 1. The Labute approximate surface area is 162 Å². The molecular formula is C20H21N3O5. The van der Waals surface area contributed by atoms with E-state index in [9.17, 15) is 14.4 Å². The van der Waals surface area contributed by atoms with Gasteiger partial charge in [0.15, 0.2) is 12.4 Å². The Bertz CT molecular complexity index is 885. The van der Waals surface area contributed by atoms with Gasteiger partial charge in [0.05, 0.1) is 13.1 Å². The fourth-order valence-corrected chi connectivity index (χ4v) is 3.04. The normalized spacial score (nSPS) is 14.1. The van der Waals surface area contributed by atoms with Crippen molar-refractivity contribution < 1.29 is 24.2 Å². The first-order valence-corrected chi connectivity index (χ1v) is 8.85. The van der Waals surface area contributed by atoms with Crippen LogP contribution in [0.5, 0.6) is 5.75 Å². The van der Waals surface area contributed by atoms with E-state index in [4.69, 9.17) is 9.84 Å². The van der Waals surface area contributed by atoms with Gasteiger partial charge in [0.25, 0.3) is 0 Å². The van der Waals surface area contributed by atoms with Crippen LogP contribution in [0.25, 0.3) is 0 Å². The molecule has 0 saturated carbocycles. The van der Waals surface area contributed by atoms with Gasteiger partial charge in [-0.1, -0.05) is 0 Å². The number of carboxylic acids is 1. The van der Waals surface area contributed by atoms with Crippen molar-refractivity contribution in [1.29, 1.82) is 0 Å². The number of aromatic nitrogens is 1. The van der Waals surface area contributed by atoms with Crippen LogP contribution >= 0.6 is 0 Å². The number of carbonyl (C=O) groups is 3. The number of hydrogen-bond acceptors (Lipinski definition) is 6. The number of pyridine rings is 1. The van der Waals surface area contributed by atoms with Gasteiger partial charge in [0.2, 0.25) is 5.91 Å². The molecule has 1 aromatic carbocycles. The first kappa shape index (κ1) is 19.3. The first-order chi connectivity index (χ1) is 13.4. The largest absolute Gasteiger partial charge is 0.482 e. The summed E-state index contributed by atoms with van der Waals surface area (Å²) >= 11 is 0. The lowest BCUT2D eigenvalue weighted by atomic mass is 10.1. The Morgan fingerprint density at radius 2 is 1.93 bits per heavy atom. The molecule has 2 aromatic rings. The summed E-state index contributed by atoms with van der Waals surface area (Å²) in [6.07, 6.45) is 3.36. The van der Waals surface area contributed by atoms with Gasteiger partial charge in [-0.05, 0) is 42.8 Å². The van der Waals surface area contributed by atoms with Gasteiger partial charge >= 0.3 is 5.97 Å². The fraction of sp³-hybridized carbons (Fsp3) is 0.300. The number of anilines is 1. The van der Waals surface area contributed by atoms with Crippen LogP contribution in [0.3, 0.4) is 0 Å². The lowest BCUT2D eigenvalue weighted by Gasteiger charge is -2.35. The smallest absolute Gasteiger partial charge is 0.341 e. The number of aliphatic carboxylic acids is 1. The second-order valence-electron chi connectivity index (χ2n) is 6.53. The van der Waals surface area contributed by atoms with Crippen LogP contribution in [0.4, 0.5) is 5.69 Å². The second-order valence-corrected chi connectivity index (χ2v) is 6.53. The van der Waals surface area contributed by atoms with Crippen LogP contribution in [0.15, 0.2) is 42.7 Å². The molecule has 8 nitrogen and oxygen atoms in total. The molecule has 0 aliphatic carbocycles. The molecule has 2 heterocycles. The van der Waals surface area contributed by atoms with Crippen LogP contribution in [0.2, 0.25) is 0 Å². The second kappa shape index (κ2) is 8.51. The van der Waals surface area contributed by atoms with Gasteiger partial charge in [-0.25, -0.2) is 4.79 Å². The molecule has 0 radical (unpaired) electrons. The van der Waals surface area contributed by atoms with E-state index < -0.39 is 12.6 Å². The molecule has 0 spiro atoms. The van der Waals surface area contributed by atoms with E-state index in [1.54, 1.807) is 42.4 Å². The van der Waals surface area contributed by atoms with Crippen molar-refractivity contribution in [3.63, 3.8) is 0 Å². The van der Waals surface area contributed by atoms with Crippen molar-refractivity contribution in [1.82, 2.24) is 9.88 Å². The zero-order chi connectivity index (χ0) is 20.1. The molecule has 0 atom stereocenters. The van der Waals surface area contributed by atoms with Crippen LogP contribution < -0.4 is 9.64 Å². The lowest BCUT2D eigenvalue weighted by Crippen LogP contribution is -2.51. The van der Waals surface area contributed by atoms with Gasteiger partial charge in [0.1, 0.15) is 5.75 Å². The van der Waals surface area contributed by atoms with E-state index in [-0.39, 0.29) is 24.8 Å². The summed E-state index contributed by atoms with van der Waals surface area (Å²) in [6.45, 7) is 2.64. The van der Waals surface area contributed by atoms with Gasteiger partial charge in [-0.3, -0.25) is 14.6 Å². The summed E-state index contributed by atoms with van der Waals surface area (Å²) in [7, 11) is 0. The minimum Gasteiger partial charge on any atom is -0.482 e. The van der Waals surface area contributed by atoms with Gasteiger partial charge in [-0.15, -0.1) is 0 Å². The number of carbonyl (C=O) groups excluding carboxylic acids is 2. The Morgan fingerprint density at radius 3 is 2.57 bits per heavy atom. The summed E-state index contributed by atoms with van der Waals surface area (Å²) in [5, 5.41) is 8.68. The molecular weight excluding hydrogens is 362 g/mol. The standard InChI is InChI=1S/C20H21N3O5/c1-14-10-15(2-3-18(14)28-13-20(26)27)17(24)11-23-9-8-22(12-19(23)25)16-4-6-21-7-5-16/h2-7,10H,8-9,11-13H2,1H3,(H,26,27). The number of nitrogens with zero attached hydrogens (tertiary/aromatic N) is 3.